The highest BCUT2D eigenvalue weighted by Gasteiger charge is 2.27. The molecule has 0 aliphatic carbocycles. The molecule has 0 unspecified atom stereocenters. The summed E-state index contributed by atoms with van der Waals surface area (Å²) >= 11 is 0. The van der Waals surface area contributed by atoms with E-state index in [4.69, 9.17) is 28.7 Å². The minimum atomic E-state index is -1.32. The molecule has 0 bridgehead atoms. The molecule has 0 N–H and O–H groups in total. The van der Waals surface area contributed by atoms with Crippen LogP contribution in [0.2, 0.25) is 25.7 Å². The Hall–Kier alpha value is -4.66. The maximum Gasteiger partial charge on any atom is 0.410 e. The summed E-state index contributed by atoms with van der Waals surface area (Å²) in [5.41, 5.74) is 4.56. The number of hydrogen-bond donors (Lipinski definition) is 0. The summed E-state index contributed by atoms with van der Waals surface area (Å²) in [7, 11) is 5.02. The second kappa shape index (κ2) is 16.6. The van der Waals surface area contributed by atoms with Gasteiger partial charge in [-0.05, 0) is 57.1 Å². The van der Waals surface area contributed by atoms with E-state index in [1.165, 1.54) is 0 Å². The molecule has 0 spiro atoms. The van der Waals surface area contributed by atoms with E-state index in [0.29, 0.717) is 60.4 Å². The number of benzene rings is 1. The monoisotopic (exact) mass is 746 g/mol. The molecule has 53 heavy (non-hydrogen) atoms. The van der Waals surface area contributed by atoms with Crippen molar-refractivity contribution in [1.29, 1.82) is 0 Å². The third-order valence-corrected chi connectivity index (χ3v) is 10.8. The van der Waals surface area contributed by atoms with Crippen LogP contribution in [-0.2, 0) is 22.7 Å². The highest BCUT2D eigenvalue weighted by atomic mass is 28.3. The Morgan fingerprint density at radius 2 is 1.58 bits per heavy atom. The summed E-state index contributed by atoms with van der Waals surface area (Å²) in [5.74, 6) is 1.09. The number of carbonyl (C=O) groups excluding carboxylic acids is 2. The molecule has 1 saturated heterocycles. The topological polar surface area (TPSA) is 121 Å². The lowest BCUT2D eigenvalue weighted by atomic mass is 10.1. The molecular formula is C39H54N6O7Si. The number of nitrogens with zero attached hydrogens (tertiary/aromatic N) is 6. The number of methoxy groups -OCH3 is 3. The molecule has 4 heterocycles. The standard InChI is InChI=1S/C39H54N6O7Si/c1-39(2,3)52-38(47)44-17-15-43(16-18-44)25-28-21-27(13-14-40-28)30-11-12-32-31(41-30)24-33(45(32)26-51-19-20-53(8,9)10)37(46)42(4)29-22-34(48-5)36(50-7)35(23-29)49-6/h11-14,21-24H,15-20,25-26H2,1-10H3. The lowest BCUT2D eigenvalue weighted by Gasteiger charge is -2.35. The largest absolute Gasteiger partial charge is 0.493 e. The third kappa shape index (κ3) is 9.86. The van der Waals surface area contributed by atoms with Crippen LogP contribution in [0.4, 0.5) is 10.5 Å². The van der Waals surface area contributed by atoms with Crippen molar-refractivity contribution in [2.45, 2.75) is 65.3 Å². The maximum absolute atomic E-state index is 14.3. The average molecular weight is 747 g/mol. The molecule has 4 aromatic rings. The number of fused-ring (bicyclic) bond motifs is 1. The fourth-order valence-corrected chi connectivity index (χ4v) is 6.83. The van der Waals surface area contributed by atoms with Crippen molar-refractivity contribution in [2.75, 3.05) is 66.1 Å². The molecule has 1 aromatic carbocycles. The number of pyridine rings is 2. The minimum Gasteiger partial charge on any atom is -0.493 e. The number of rotatable bonds is 13. The van der Waals surface area contributed by atoms with E-state index in [1.54, 1.807) is 56.5 Å². The lowest BCUT2D eigenvalue weighted by molar-refractivity contribution is 0.0138. The maximum atomic E-state index is 14.3. The first-order valence-electron chi connectivity index (χ1n) is 17.9. The lowest BCUT2D eigenvalue weighted by Crippen LogP contribution is -2.49. The van der Waals surface area contributed by atoms with Gasteiger partial charge >= 0.3 is 6.09 Å². The zero-order chi connectivity index (χ0) is 38.5. The molecular weight excluding hydrogens is 693 g/mol. The molecule has 2 amide bonds. The van der Waals surface area contributed by atoms with Gasteiger partial charge in [0.05, 0.1) is 49.4 Å². The first kappa shape index (κ1) is 39.5. The van der Waals surface area contributed by atoms with Gasteiger partial charge in [0.15, 0.2) is 11.5 Å². The van der Waals surface area contributed by atoms with Crippen LogP contribution in [-0.4, -0.2) is 111 Å². The SMILES string of the molecule is COc1cc(N(C)C(=O)c2cc3nc(-c4ccnc(CN5CCN(C(=O)OC(C)(C)C)CC5)c4)ccc3n2COCC[Si](C)(C)C)cc(OC)c1OC. The average Bonchev–Trinajstić information content (AvgIpc) is 3.49. The van der Waals surface area contributed by atoms with Gasteiger partial charge in [0.1, 0.15) is 18.0 Å². The van der Waals surface area contributed by atoms with Crippen LogP contribution in [0, 0.1) is 0 Å². The summed E-state index contributed by atoms with van der Waals surface area (Å²) in [4.78, 5) is 42.1. The Balaban J connectivity index is 1.39. The summed E-state index contributed by atoms with van der Waals surface area (Å²) in [6, 6.07) is 14.3. The number of carbonyl (C=O) groups is 2. The first-order chi connectivity index (χ1) is 25.1. The summed E-state index contributed by atoms with van der Waals surface area (Å²) < 4.78 is 30.2. The predicted molar refractivity (Wildman–Crippen MR) is 209 cm³/mol. The molecule has 1 fully saturated rings. The van der Waals surface area contributed by atoms with Crippen LogP contribution < -0.4 is 19.1 Å². The zero-order valence-corrected chi connectivity index (χ0v) is 33.8. The molecule has 286 valence electrons. The van der Waals surface area contributed by atoms with E-state index in [2.05, 4.69) is 35.6 Å². The molecule has 1 aliphatic heterocycles. The highest BCUT2D eigenvalue weighted by molar-refractivity contribution is 6.76. The Morgan fingerprint density at radius 3 is 2.19 bits per heavy atom. The molecule has 5 rings (SSSR count). The third-order valence-electron chi connectivity index (χ3n) is 9.06. The highest BCUT2D eigenvalue weighted by Crippen LogP contribution is 2.41. The van der Waals surface area contributed by atoms with Crippen molar-refractivity contribution in [3.8, 4) is 28.5 Å². The van der Waals surface area contributed by atoms with Crippen molar-refractivity contribution < 1.29 is 33.3 Å². The number of hydrogen-bond acceptors (Lipinski definition) is 10. The van der Waals surface area contributed by atoms with Crippen molar-refractivity contribution in [1.82, 2.24) is 24.3 Å². The second-order valence-electron chi connectivity index (χ2n) is 15.4. The number of aromatic nitrogens is 3. The van der Waals surface area contributed by atoms with Crippen molar-refractivity contribution in [3.63, 3.8) is 0 Å². The number of piperazine rings is 1. The Kier molecular flexibility index (Phi) is 12.4. The van der Waals surface area contributed by atoms with Crippen molar-refractivity contribution >= 4 is 36.8 Å². The van der Waals surface area contributed by atoms with Crippen LogP contribution in [0.1, 0.15) is 37.0 Å². The van der Waals surface area contributed by atoms with E-state index in [-0.39, 0.29) is 18.7 Å². The Bertz CT molecular complexity index is 1890. The molecule has 0 radical (unpaired) electrons. The molecule has 3 aromatic heterocycles. The van der Waals surface area contributed by atoms with E-state index < -0.39 is 13.7 Å². The van der Waals surface area contributed by atoms with E-state index in [9.17, 15) is 9.59 Å². The number of amides is 2. The Morgan fingerprint density at radius 1 is 0.906 bits per heavy atom. The van der Waals surface area contributed by atoms with Gasteiger partial charge in [-0.1, -0.05) is 19.6 Å². The first-order valence-corrected chi connectivity index (χ1v) is 21.6. The van der Waals surface area contributed by atoms with Gasteiger partial charge in [0, 0.05) is 78.3 Å². The fourth-order valence-electron chi connectivity index (χ4n) is 6.07. The smallest absolute Gasteiger partial charge is 0.410 e. The number of anilines is 1. The van der Waals surface area contributed by atoms with Gasteiger partial charge < -0.3 is 38.1 Å². The number of ether oxygens (including phenoxy) is 5. The summed E-state index contributed by atoms with van der Waals surface area (Å²) in [5, 5.41) is 0. The van der Waals surface area contributed by atoms with Gasteiger partial charge in [-0.2, -0.15) is 0 Å². The molecule has 0 atom stereocenters. The van der Waals surface area contributed by atoms with Gasteiger partial charge in [-0.15, -0.1) is 0 Å². The van der Waals surface area contributed by atoms with Gasteiger partial charge in [-0.25, -0.2) is 9.78 Å². The van der Waals surface area contributed by atoms with Crippen LogP contribution in [0.15, 0.2) is 48.7 Å². The van der Waals surface area contributed by atoms with E-state index in [1.807, 2.05) is 49.6 Å². The molecule has 1 aliphatic rings. The van der Waals surface area contributed by atoms with E-state index in [0.717, 1.165) is 41.6 Å². The Labute approximate surface area is 313 Å². The fraction of sp³-hybridized carbons (Fsp3) is 0.487. The molecule has 0 saturated carbocycles. The van der Waals surface area contributed by atoms with Crippen molar-refractivity contribution in [3.05, 3.63) is 60.0 Å². The van der Waals surface area contributed by atoms with Crippen LogP contribution in [0.5, 0.6) is 17.2 Å². The summed E-state index contributed by atoms with van der Waals surface area (Å²) in [6.07, 6.45) is 1.52. The van der Waals surface area contributed by atoms with Crippen LogP contribution >= 0.6 is 0 Å². The van der Waals surface area contributed by atoms with Crippen LogP contribution in [0.25, 0.3) is 22.3 Å². The van der Waals surface area contributed by atoms with Gasteiger partial charge in [0.25, 0.3) is 5.91 Å². The van der Waals surface area contributed by atoms with Gasteiger partial charge in [0.2, 0.25) is 5.75 Å². The predicted octanol–water partition coefficient (Wildman–Crippen LogP) is 6.77. The molecule has 13 nitrogen and oxygen atoms in total. The van der Waals surface area contributed by atoms with Crippen LogP contribution in [0.3, 0.4) is 0 Å². The molecule has 14 heteroatoms. The normalized spacial score (nSPS) is 14.0. The van der Waals surface area contributed by atoms with Gasteiger partial charge in [-0.3, -0.25) is 14.7 Å². The zero-order valence-electron chi connectivity index (χ0n) is 32.8. The minimum absolute atomic E-state index is 0.208. The summed E-state index contributed by atoms with van der Waals surface area (Å²) in [6.45, 7) is 16.7. The quantitative estimate of drug-likeness (QED) is 0.107. The second-order valence-corrected chi connectivity index (χ2v) is 21.1. The van der Waals surface area contributed by atoms with E-state index >= 15 is 0 Å². The van der Waals surface area contributed by atoms with Crippen molar-refractivity contribution in [2.24, 2.45) is 0 Å².